The van der Waals surface area contributed by atoms with Crippen molar-refractivity contribution in [2.24, 2.45) is 11.3 Å². The normalized spacial score (nSPS) is 31.8. The third-order valence-corrected chi connectivity index (χ3v) is 3.92. The fourth-order valence-electron chi connectivity index (χ4n) is 3.59. The topological polar surface area (TPSA) is 35.5 Å². The van der Waals surface area contributed by atoms with Gasteiger partial charge in [0.05, 0.1) is 6.10 Å². The van der Waals surface area contributed by atoms with Crippen LogP contribution in [0.4, 0.5) is 0 Å². The third-order valence-electron chi connectivity index (χ3n) is 3.92. The van der Waals surface area contributed by atoms with Crippen molar-refractivity contribution < 1.29 is 5.11 Å². The van der Waals surface area contributed by atoms with Gasteiger partial charge in [0.25, 0.3) is 0 Å². The molecular formula is C14H30N2O. The second-order valence-corrected chi connectivity index (χ2v) is 6.28. The summed E-state index contributed by atoms with van der Waals surface area (Å²) in [7, 11) is 4.18. The van der Waals surface area contributed by atoms with Gasteiger partial charge in [-0.05, 0) is 45.2 Å². The Morgan fingerprint density at radius 3 is 2.76 bits per heavy atom. The molecule has 3 nitrogen and oxygen atoms in total. The molecule has 3 heteroatoms. The molecular weight excluding hydrogens is 212 g/mol. The summed E-state index contributed by atoms with van der Waals surface area (Å²) in [5.74, 6) is 0.844. The predicted molar refractivity (Wildman–Crippen MR) is 73.2 cm³/mol. The molecule has 0 spiro atoms. The van der Waals surface area contributed by atoms with Crippen LogP contribution in [0.25, 0.3) is 0 Å². The summed E-state index contributed by atoms with van der Waals surface area (Å²) in [5.41, 5.74) is 0.413. The van der Waals surface area contributed by atoms with Crippen molar-refractivity contribution in [3.63, 3.8) is 0 Å². The van der Waals surface area contributed by atoms with Gasteiger partial charge in [-0.15, -0.1) is 0 Å². The highest BCUT2D eigenvalue weighted by Crippen LogP contribution is 2.39. The molecule has 0 bridgehead atoms. The number of nitrogens with one attached hydrogen (secondary N) is 1. The number of aliphatic hydroxyl groups excluding tert-OH is 1. The van der Waals surface area contributed by atoms with Crippen molar-refractivity contribution in [2.45, 2.75) is 45.6 Å². The van der Waals surface area contributed by atoms with E-state index in [1.807, 2.05) is 6.92 Å². The van der Waals surface area contributed by atoms with Gasteiger partial charge in [0.15, 0.2) is 0 Å². The predicted octanol–water partition coefficient (Wildman–Crippen LogP) is 1.71. The monoisotopic (exact) mass is 242 g/mol. The first-order chi connectivity index (χ1) is 7.97. The summed E-state index contributed by atoms with van der Waals surface area (Å²) < 4.78 is 0. The summed E-state index contributed by atoms with van der Waals surface area (Å²) in [6, 6.07) is 0. The van der Waals surface area contributed by atoms with Gasteiger partial charge in [0.2, 0.25) is 0 Å². The molecule has 3 unspecified atom stereocenters. The molecule has 1 saturated carbocycles. The molecule has 0 radical (unpaired) electrons. The standard InChI is InChI=1S/C14H30N2O/c1-12-6-5-7-14(8-12,10-15-3)11-16(4)9-13(2)17/h12-13,15,17H,5-11H2,1-4H3. The third kappa shape index (κ3) is 4.94. The minimum absolute atomic E-state index is 0.229. The van der Waals surface area contributed by atoms with Crippen molar-refractivity contribution in [3.8, 4) is 0 Å². The van der Waals surface area contributed by atoms with Crippen molar-refractivity contribution in [1.29, 1.82) is 0 Å². The van der Waals surface area contributed by atoms with Gasteiger partial charge < -0.3 is 15.3 Å². The maximum atomic E-state index is 9.46. The molecule has 1 aliphatic rings. The molecule has 0 heterocycles. The number of aliphatic hydroxyl groups is 1. The molecule has 0 aromatic heterocycles. The minimum atomic E-state index is -0.229. The minimum Gasteiger partial charge on any atom is -0.392 e. The quantitative estimate of drug-likeness (QED) is 0.744. The lowest BCUT2D eigenvalue weighted by atomic mass is 9.69. The molecule has 17 heavy (non-hydrogen) atoms. The van der Waals surface area contributed by atoms with Crippen LogP contribution in [0, 0.1) is 11.3 Å². The van der Waals surface area contributed by atoms with Crippen molar-refractivity contribution in [1.82, 2.24) is 10.2 Å². The van der Waals surface area contributed by atoms with Gasteiger partial charge >= 0.3 is 0 Å². The van der Waals surface area contributed by atoms with E-state index in [-0.39, 0.29) is 6.10 Å². The number of nitrogens with zero attached hydrogens (tertiary/aromatic N) is 1. The lowest BCUT2D eigenvalue weighted by Crippen LogP contribution is -2.46. The van der Waals surface area contributed by atoms with E-state index >= 15 is 0 Å². The van der Waals surface area contributed by atoms with Crippen LogP contribution in [0.2, 0.25) is 0 Å². The van der Waals surface area contributed by atoms with Gasteiger partial charge in [-0.25, -0.2) is 0 Å². The van der Waals surface area contributed by atoms with Crippen molar-refractivity contribution in [2.75, 3.05) is 33.7 Å². The van der Waals surface area contributed by atoms with Crippen molar-refractivity contribution >= 4 is 0 Å². The maximum Gasteiger partial charge on any atom is 0.0638 e. The second-order valence-electron chi connectivity index (χ2n) is 6.28. The highest BCUT2D eigenvalue weighted by Gasteiger charge is 2.35. The average molecular weight is 242 g/mol. The Morgan fingerprint density at radius 2 is 2.24 bits per heavy atom. The SMILES string of the molecule is CNCC1(CN(C)CC(C)O)CCCC(C)C1. The summed E-state index contributed by atoms with van der Waals surface area (Å²) in [6.45, 7) is 7.22. The zero-order chi connectivity index (χ0) is 12.9. The Hall–Kier alpha value is -0.120. The molecule has 2 N–H and O–H groups in total. The number of rotatable bonds is 6. The molecule has 0 amide bonds. The Bertz CT molecular complexity index is 216. The summed E-state index contributed by atoms with van der Waals surface area (Å²) in [6.07, 6.45) is 5.14. The van der Waals surface area contributed by atoms with Gasteiger partial charge in [0.1, 0.15) is 0 Å². The highest BCUT2D eigenvalue weighted by molar-refractivity contribution is 4.89. The van der Waals surface area contributed by atoms with E-state index in [0.717, 1.165) is 25.6 Å². The van der Waals surface area contributed by atoms with E-state index in [2.05, 4.69) is 31.2 Å². The highest BCUT2D eigenvalue weighted by atomic mass is 16.3. The summed E-state index contributed by atoms with van der Waals surface area (Å²) in [4.78, 5) is 2.29. The lowest BCUT2D eigenvalue weighted by molar-refractivity contribution is 0.0679. The van der Waals surface area contributed by atoms with E-state index in [0.29, 0.717) is 5.41 Å². The first-order valence-corrected chi connectivity index (χ1v) is 6.99. The number of hydrogen-bond acceptors (Lipinski definition) is 3. The van der Waals surface area contributed by atoms with Crippen molar-refractivity contribution in [3.05, 3.63) is 0 Å². The summed E-state index contributed by atoms with van der Waals surface area (Å²) in [5, 5.41) is 12.8. The van der Waals surface area contributed by atoms with E-state index in [4.69, 9.17) is 0 Å². The van der Waals surface area contributed by atoms with Crippen LogP contribution in [0.3, 0.4) is 0 Å². The zero-order valence-electron chi connectivity index (χ0n) is 12.0. The zero-order valence-corrected chi connectivity index (χ0v) is 12.0. The van der Waals surface area contributed by atoms with Crippen LogP contribution in [0.1, 0.15) is 39.5 Å². The van der Waals surface area contributed by atoms with Crippen LogP contribution >= 0.6 is 0 Å². The van der Waals surface area contributed by atoms with Gasteiger partial charge in [-0.2, -0.15) is 0 Å². The van der Waals surface area contributed by atoms with E-state index in [1.165, 1.54) is 25.7 Å². The van der Waals surface area contributed by atoms with E-state index < -0.39 is 0 Å². The van der Waals surface area contributed by atoms with Crippen LogP contribution in [-0.4, -0.2) is 49.8 Å². The molecule has 0 aromatic carbocycles. The first kappa shape index (κ1) is 14.9. The van der Waals surface area contributed by atoms with Gasteiger partial charge in [-0.3, -0.25) is 0 Å². The average Bonchev–Trinajstić information content (AvgIpc) is 2.15. The fourth-order valence-corrected chi connectivity index (χ4v) is 3.59. The Kier molecular flexibility index (Phi) is 5.90. The summed E-state index contributed by atoms with van der Waals surface area (Å²) >= 11 is 0. The van der Waals surface area contributed by atoms with Gasteiger partial charge in [0, 0.05) is 19.6 Å². The lowest BCUT2D eigenvalue weighted by Gasteiger charge is -2.42. The Morgan fingerprint density at radius 1 is 1.53 bits per heavy atom. The van der Waals surface area contributed by atoms with Crippen LogP contribution in [0.5, 0.6) is 0 Å². The van der Waals surface area contributed by atoms with Crippen LogP contribution in [-0.2, 0) is 0 Å². The molecule has 102 valence electrons. The van der Waals surface area contributed by atoms with E-state index in [1.54, 1.807) is 0 Å². The molecule has 0 aromatic rings. The van der Waals surface area contributed by atoms with E-state index in [9.17, 15) is 5.11 Å². The Labute approximate surface area is 107 Å². The van der Waals surface area contributed by atoms with Crippen LogP contribution < -0.4 is 5.32 Å². The first-order valence-electron chi connectivity index (χ1n) is 6.99. The van der Waals surface area contributed by atoms with Gasteiger partial charge in [-0.1, -0.05) is 19.8 Å². The second kappa shape index (κ2) is 6.72. The largest absolute Gasteiger partial charge is 0.392 e. The van der Waals surface area contributed by atoms with Crippen LogP contribution in [0.15, 0.2) is 0 Å². The maximum absolute atomic E-state index is 9.46. The molecule has 1 fully saturated rings. The number of hydrogen-bond donors (Lipinski definition) is 2. The molecule has 1 rings (SSSR count). The smallest absolute Gasteiger partial charge is 0.0638 e. The molecule has 3 atom stereocenters. The number of likely N-dealkylation sites (N-methyl/N-ethyl adjacent to an activating group) is 1. The fraction of sp³-hybridized carbons (Fsp3) is 1.00. The molecule has 0 aliphatic heterocycles. The Balaban J connectivity index is 2.57. The molecule has 0 saturated heterocycles. The molecule has 1 aliphatic carbocycles.